The average Bonchev–Trinajstić information content (AvgIpc) is 3.20. The highest BCUT2D eigenvalue weighted by Gasteiger charge is 2.49. The molecule has 0 aliphatic carbocycles. The largest absolute Gasteiger partial charge is 0.418 e. The first-order valence-electron chi connectivity index (χ1n) is 8.83. The second-order valence-electron chi connectivity index (χ2n) is 6.88. The summed E-state index contributed by atoms with van der Waals surface area (Å²) in [5.74, 6) is -0.891. The predicted molar refractivity (Wildman–Crippen MR) is 89.9 cm³/mol. The van der Waals surface area contributed by atoms with Crippen LogP contribution < -0.4 is 16.2 Å². The first-order chi connectivity index (χ1) is 12.7. The summed E-state index contributed by atoms with van der Waals surface area (Å²) in [6.07, 6.45) is 3.66. The Morgan fingerprint density at radius 1 is 1.26 bits per heavy atom. The Labute approximate surface area is 156 Å². The Bertz CT molecular complexity index is 709. The summed E-state index contributed by atoms with van der Waals surface area (Å²) in [6, 6.07) is -1.94. The molecule has 3 saturated heterocycles. The van der Waals surface area contributed by atoms with Gasteiger partial charge in [-0.05, 0) is 38.6 Å². The number of hydrazine groups is 1. The first kappa shape index (κ1) is 19.8. The van der Waals surface area contributed by atoms with Gasteiger partial charge in [-0.25, -0.2) is 4.79 Å². The molecule has 12 nitrogen and oxygen atoms in total. The molecule has 4 amide bonds. The highest BCUT2D eigenvalue weighted by atomic mass is 32.3. The number of hydrogen-bond acceptors (Lipinski definition) is 7. The Morgan fingerprint density at radius 2 is 2.04 bits per heavy atom. The molecule has 4 N–H and O–H groups in total. The van der Waals surface area contributed by atoms with Gasteiger partial charge >= 0.3 is 16.4 Å². The molecule has 3 aliphatic rings. The molecule has 0 radical (unpaired) electrons. The molecule has 0 aromatic heterocycles. The van der Waals surface area contributed by atoms with Gasteiger partial charge in [0.25, 0.3) is 5.91 Å². The molecule has 2 bridgehead atoms. The van der Waals surface area contributed by atoms with Gasteiger partial charge in [0.05, 0.1) is 6.04 Å². The van der Waals surface area contributed by atoms with E-state index in [0.717, 1.165) is 24.3 Å². The number of hydrogen-bond donors (Lipinski definition) is 4. The first-order valence-corrected chi connectivity index (χ1v) is 10.2. The van der Waals surface area contributed by atoms with E-state index in [4.69, 9.17) is 4.55 Å². The second kappa shape index (κ2) is 7.96. The van der Waals surface area contributed by atoms with Crippen LogP contribution in [0.1, 0.15) is 38.5 Å². The van der Waals surface area contributed by atoms with Crippen LogP contribution in [0.15, 0.2) is 0 Å². The van der Waals surface area contributed by atoms with E-state index in [2.05, 4.69) is 20.5 Å². The average molecular weight is 405 g/mol. The van der Waals surface area contributed by atoms with E-state index in [0.29, 0.717) is 23.9 Å². The number of nitrogens with zero attached hydrogens (tertiary/aromatic N) is 2. The summed E-state index contributed by atoms with van der Waals surface area (Å²) >= 11 is 0. The van der Waals surface area contributed by atoms with Crippen molar-refractivity contribution in [1.29, 1.82) is 0 Å². The minimum Gasteiger partial charge on any atom is -0.314 e. The topological polar surface area (TPSA) is 157 Å². The van der Waals surface area contributed by atoms with Crippen molar-refractivity contribution in [3.05, 3.63) is 0 Å². The van der Waals surface area contributed by atoms with Crippen molar-refractivity contribution in [3.63, 3.8) is 0 Å². The SMILES string of the molecule is O=C(CC[C@@H]1CCCN1)NNC(=O)[C@@H]1CC[C@H]2CN1C(=O)N2OS(=O)(=O)O. The van der Waals surface area contributed by atoms with Crippen molar-refractivity contribution in [1.82, 2.24) is 26.1 Å². The van der Waals surface area contributed by atoms with E-state index in [1.807, 2.05) is 0 Å². The fourth-order valence-corrected chi connectivity index (χ4v) is 4.08. The zero-order chi connectivity index (χ0) is 19.6. The van der Waals surface area contributed by atoms with Crippen molar-refractivity contribution < 1.29 is 31.6 Å². The van der Waals surface area contributed by atoms with E-state index in [1.54, 1.807) is 0 Å². The number of piperidine rings is 1. The zero-order valence-electron chi connectivity index (χ0n) is 14.6. The van der Waals surface area contributed by atoms with Crippen molar-refractivity contribution in [2.24, 2.45) is 0 Å². The van der Waals surface area contributed by atoms with E-state index >= 15 is 0 Å². The normalized spacial score (nSPS) is 27.7. The van der Waals surface area contributed by atoms with Gasteiger partial charge in [0.15, 0.2) is 0 Å². The number of carbonyl (C=O) groups is 3. The van der Waals surface area contributed by atoms with Crippen LogP contribution in [0, 0.1) is 0 Å². The van der Waals surface area contributed by atoms with Crippen LogP contribution in [0.3, 0.4) is 0 Å². The van der Waals surface area contributed by atoms with Gasteiger partial charge in [0.2, 0.25) is 5.91 Å². The van der Waals surface area contributed by atoms with Gasteiger partial charge in [-0.15, -0.1) is 4.28 Å². The Balaban J connectivity index is 1.47. The monoisotopic (exact) mass is 405 g/mol. The minimum absolute atomic E-state index is 0.0910. The second-order valence-corrected chi connectivity index (χ2v) is 7.88. The lowest BCUT2D eigenvalue weighted by molar-refractivity contribution is -0.132. The van der Waals surface area contributed by atoms with Gasteiger partial charge in [-0.1, -0.05) is 0 Å². The lowest BCUT2D eigenvalue weighted by atomic mass is 10.0. The van der Waals surface area contributed by atoms with Gasteiger partial charge in [0.1, 0.15) is 6.04 Å². The standard InChI is InChI=1S/C14H23N5O7S/c20-12(6-3-9-2-1-7-15-9)16-17-13(21)11-5-4-10-8-18(11)14(22)19(10)26-27(23,24)25/h9-11,15H,1-8H2,(H,16,20)(H,17,21)(H,23,24,25)/t9-,10-,11-/m0/s1. The highest BCUT2D eigenvalue weighted by molar-refractivity contribution is 7.80. The number of rotatable bonds is 6. The third kappa shape index (κ3) is 4.86. The molecule has 3 atom stereocenters. The van der Waals surface area contributed by atoms with Crippen molar-refractivity contribution in [2.75, 3.05) is 13.1 Å². The maximum atomic E-state index is 12.3. The van der Waals surface area contributed by atoms with Crippen LogP contribution in [-0.4, -0.2) is 72.0 Å². The molecule has 3 heterocycles. The number of fused-ring (bicyclic) bond motifs is 2. The molecule has 27 heavy (non-hydrogen) atoms. The van der Waals surface area contributed by atoms with E-state index < -0.39 is 34.4 Å². The fraction of sp³-hybridized carbons (Fsp3) is 0.786. The lowest BCUT2D eigenvalue weighted by Crippen LogP contribution is -2.54. The minimum atomic E-state index is -4.84. The zero-order valence-corrected chi connectivity index (χ0v) is 15.4. The summed E-state index contributed by atoms with van der Waals surface area (Å²) in [5.41, 5.74) is 4.66. The highest BCUT2D eigenvalue weighted by Crippen LogP contribution is 2.30. The third-order valence-electron chi connectivity index (χ3n) is 5.01. The van der Waals surface area contributed by atoms with Crippen LogP contribution in [0.2, 0.25) is 0 Å². The smallest absolute Gasteiger partial charge is 0.314 e. The summed E-state index contributed by atoms with van der Waals surface area (Å²) in [7, 11) is -4.84. The molecule has 13 heteroatoms. The van der Waals surface area contributed by atoms with Gasteiger partial charge in [0, 0.05) is 19.0 Å². The van der Waals surface area contributed by atoms with E-state index in [9.17, 15) is 22.8 Å². The molecule has 3 rings (SSSR count). The molecule has 0 spiro atoms. The molecule has 0 unspecified atom stereocenters. The lowest BCUT2D eigenvalue weighted by Gasteiger charge is -2.29. The van der Waals surface area contributed by atoms with Crippen molar-refractivity contribution >= 4 is 28.2 Å². The number of carbonyl (C=O) groups excluding carboxylic acids is 3. The molecule has 3 aliphatic heterocycles. The molecular formula is C14H23N5O7S. The quantitative estimate of drug-likeness (QED) is 0.313. The maximum absolute atomic E-state index is 12.3. The molecular weight excluding hydrogens is 382 g/mol. The van der Waals surface area contributed by atoms with Crippen molar-refractivity contribution in [2.45, 2.75) is 56.7 Å². The summed E-state index contributed by atoms with van der Waals surface area (Å²) in [4.78, 5) is 37.6. The fourth-order valence-electron chi connectivity index (χ4n) is 3.69. The third-order valence-corrected chi connectivity index (χ3v) is 5.36. The van der Waals surface area contributed by atoms with Crippen LogP contribution in [0.4, 0.5) is 4.79 Å². The molecule has 0 saturated carbocycles. The van der Waals surface area contributed by atoms with Gasteiger partial charge in [-0.3, -0.25) is 25.0 Å². The predicted octanol–water partition coefficient (Wildman–Crippen LogP) is -1.33. The number of urea groups is 1. The summed E-state index contributed by atoms with van der Waals surface area (Å²) < 4.78 is 34.8. The van der Waals surface area contributed by atoms with Gasteiger partial charge in [-0.2, -0.15) is 13.5 Å². The van der Waals surface area contributed by atoms with E-state index in [-0.39, 0.29) is 25.3 Å². The summed E-state index contributed by atoms with van der Waals surface area (Å²) in [5, 5.41) is 3.85. The Morgan fingerprint density at radius 3 is 2.70 bits per heavy atom. The number of nitrogens with one attached hydrogen (secondary N) is 3. The van der Waals surface area contributed by atoms with Crippen LogP contribution in [-0.2, 0) is 24.3 Å². The van der Waals surface area contributed by atoms with Gasteiger partial charge < -0.3 is 10.2 Å². The van der Waals surface area contributed by atoms with Crippen LogP contribution in [0.25, 0.3) is 0 Å². The molecule has 3 fully saturated rings. The van der Waals surface area contributed by atoms with Crippen molar-refractivity contribution in [3.8, 4) is 0 Å². The molecule has 0 aromatic carbocycles. The Hall–Kier alpha value is -1.96. The summed E-state index contributed by atoms with van der Waals surface area (Å²) in [6.45, 7) is 1.04. The molecule has 152 valence electrons. The van der Waals surface area contributed by atoms with Crippen LogP contribution in [0.5, 0.6) is 0 Å². The van der Waals surface area contributed by atoms with E-state index in [1.165, 1.54) is 0 Å². The molecule has 0 aromatic rings. The number of hydroxylamine groups is 2. The maximum Gasteiger partial charge on any atom is 0.418 e. The number of amides is 4. The Kier molecular flexibility index (Phi) is 5.83. The van der Waals surface area contributed by atoms with Crippen LogP contribution >= 0.6 is 0 Å².